The standard InChI is InChI=1S/C14H21ClN2S/c1-17(10-12-2-4-13(15)5-3-12)14(11-16)6-8-18-9-7-14/h2-5H,6-11,16H2,1H3. The number of likely N-dealkylation sites (N-methyl/N-ethyl adjacent to an activating group) is 1. The van der Waals surface area contributed by atoms with E-state index in [-0.39, 0.29) is 5.54 Å². The zero-order valence-corrected chi connectivity index (χ0v) is 12.4. The van der Waals surface area contributed by atoms with Crippen LogP contribution in [0.25, 0.3) is 0 Å². The Morgan fingerprint density at radius 3 is 2.44 bits per heavy atom. The molecule has 0 aliphatic carbocycles. The van der Waals surface area contributed by atoms with Crippen LogP contribution in [0, 0.1) is 0 Å². The molecule has 2 rings (SSSR count). The molecule has 0 amide bonds. The topological polar surface area (TPSA) is 29.3 Å². The van der Waals surface area contributed by atoms with Crippen LogP contribution in [0.3, 0.4) is 0 Å². The first-order valence-electron chi connectivity index (χ1n) is 6.40. The molecule has 18 heavy (non-hydrogen) atoms. The number of benzene rings is 1. The monoisotopic (exact) mass is 284 g/mol. The molecule has 0 spiro atoms. The molecule has 4 heteroatoms. The number of halogens is 1. The average Bonchev–Trinajstić information content (AvgIpc) is 2.42. The third-order valence-corrected chi connectivity index (χ3v) is 5.18. The van der Waals surface area contributed by atoms with Gasteiger partial charge in [-0.2, -0.15) is 11.8 Å². The molecule has 1 aromatic rings. The van der Waals surface area contributed by atoms with Crippen LogP contribution >= 0.6 is 23.4 Å². The average molecular weight is 285 g/mol. The summed E-state index contributed by atoms with van der Waals surface area (Å²) in [4.78, 5) is 2.43. The second-order valence-corrected chi connectivity index (χ2v) is 6.68. The molecule has 1 aromatic carbocycles. The van der Waals surface area contributed by atoms with Gasteiger partial charge in [0.15, 0.2) is 0 Å². The molecule has 100 valence electrons. The van der Waals surface area contributed by atoms with Crippen molar-refractivity contribution in [3.63, 3.8) is 0 Å². The minimum absolute atomic E-state index is 0.185. The van der Waals surface area contributed by atoms with Crippen LogP contribution in [-0.4, -0.2) is 35.5 Å². The first-order valence-corrected chi connectivity index (χ1v) is 7.93. The van der Waals surface area contributed by atoms with Crippen molar-refractivity contribution in [2.45, 2.75) is 24.9 Å². The molecule has 0 bridgehead atoms. The summed E-state index contributed by atoms with van der Waals surface area (Å²) < 4.78 is 0. The highest BCUT2D eigenvalue weighted by Gasteiger charge is 2.34. The Balaban J connectivity index is 2.05. The highest BCUT2D eigenvalue weighted by Crippen LogP contribution is 2.31. The molecule has 0 unspecified atom stereocenters. The Kier molecular flexibility index (Phi) is 4.96. The van der Waals surface area contributed by atoms with Gasteiger partial charge in [-0.05, 0) is 49.1 Å². The van der Waals surface area contributed by atoms with E-state index in [1.54, 1.807) is 0 Å². The Hall–Kier alpha value is -0.220. The summed E-state index contributed by atoms with van der Waals surface area (Å²) in [6, 6.07) is 8.11. The molecular formula is C14H21ClN2S. The molecule has 0 saturated carbocycles. The number of rotatable bonds is 4. The van der Waals surface area contributed by atoms with E-state index in [1.165, 1.54) is 29.9 Å². The fourth-order valence-corrected chi connectivity index (χ4v) is 3.90. The second kappa shape index (κ2) is 6.29. The van der Waals surface area contributed by atoms with Gasteiger partial charge in [0, 0.05) is 23.7 Å². The first-order chi connectivity index (χ1) is 8.66. The summed E-state index contributed by atoms with van der Waals surface area (Å²) in [5, 5.41) is 0.795. The summed E-state index contributed by atoms with van der Waals surface area (Å²) in [6.07, 6.45) is 2.39. The number of hydrogen-bond donors (Lipinski definition) is 1. The minimum atomic E-state index is 0.185. The third kappa shape index (κ3) is 3.21. The summed E-state index contributed by atoms with van der Waals surface area (Å²) in [6.45, 7) is 1.69. The predicted molar refractivity (Wildman–Crippen MR) is 81.3 cm³/mol. The fourth-order valence-electron chi connectivity index (χ4n) is 2.52. The number of nitrogens with two attached hydrogens (primary N) is 1. The number of nitrogens with zero attached hydrogens (tertiary/aromatic N) is 1. The number of hydrogen-bond acceptors (Lipinski definition) is 3. The lowest BCUT2D eigenvalue weighted by atomic mass is 9.90. The molecule has 0 aromatic heterocycles. The molecule has 0 atom stereocenters. The van der Waals surface area contributed by atoms with Gasteiger partial charge in [0.1, 0.15) is 0 Å². The van der Waals surface area contributed by atoms with Crippen LogP contribution < -0.4 is 5.73 Å². The van der Waals surface area contributed by atoms with Crippen molar-refractivity contribution in [2.75, 3.05) is 25.1 Å². The zero-order valence-electron chi connectivity index (χ0n) is 10.9. The Bertz CT molecular complexity index is 374. The molecule has 1 fully saturated rings. The normalized spacial score (nSPS) is 19.1. The van der Waals surface area contributed by atoms with E-state index >= 15 is 0 Å². The Morgan fingerprint density at radius 2 is 1.89 bits per heavy atom. The lowest BCUT2D eigenvalue weighted by Gasteiger charge is -2.44. The molecule has 1 aliphatic heterocycles. The van der Waals surface area contributed by atoms with E-state index in [1.807, 2.05) is 23.9 Å². The van der Waals surface area contributed by atoms with E-state index in [4.69, 9.17) is 17.3 Å². The SMILES string of the molecule is CN(Cc1ccc(Cl)cc1)C1(CN)CCSCC1. The van der Waals surface area contributed by atoms with Crippen LogP contribution in [0.15, 0.2) is 24.3 Å². The van der Waals surface area contributed by atoms with Gasteiger partial charge in [-0.1, -0.05) is 23.7 Å². The fraction of sp³-hybridized carbons (Fsp3) is 0.571. The van der Waals surface area contributed by atoms with Gasteiger partial charge in [-0.25, -0.2) is 0 Å². The summed E-state index contributed by atoms with van der Waals surface area (Å²) in [7, 11) is 2.19. The van der Waals surface area contributed by atoms with Crippen LogP contribution in [0.1, 0.15) is 18.4 Å². The van der Waals surface area contributed by atoms with Crippen LogP contribution in [0.2, 0.25) is 5.02 Å². The van der Waals surface area contributed by atoms with Crippen LogP contribution in [-0.2, 0) is 6.54 Å². The second-order valence-electron chi connectivity index (χ2n) is 5.02. The molecular weight excluding hydrogens is 264 g/mol. The van der Waals surface area contributed by atoms with E-state index in [9.17, 15) is 0 Å². The van der Waals surface area contributed by atoms with E-state index in [0.717, 1.165) is 18.1 Å². The predicted octanol–water partition coefficient (Wildman–Crippen LogP) is 3.00. The Labute approximate surface area is 119 Å². The zero-order chi connectivity index (χ0) is 13.0. The molecule has 1 heterocycles. The van der Waals surface area contributed by atoms with E-state index in [0.29, 0.717) is 0 Å². The van der Waals surface area contributed by atoms with Crippen molar-refractivity contribution in [1.29, 1.82) is 0 Å². The highest BCUT2D eigenvalue weighted by atomic mass is 35.5. The maximum absolute atomic E-state index is 6.04. The Morgan fingerprint density at radius 1 is 1.28 bits per heavy atom. The summed E-state index contributed by atoms with van der Waals surface area (Å²) in [5.41, 5.74) is 7.53. The highest BCUT2D eigenvalue weighted by molar-refractivity contribution is 7.99. The van der Waals surface area contributed by atoms with E-state index in [2.05, 4.69) is 24.1 Å². The third-order valence-electron chi connectivity index (χ3n) is 3.95. The van der Waals surface area contributed by atoms with Gasteiger partial charge >= 0.3 is 0 Å². The minimum Gasteiger partial charge on any atom is -0.329 e. The van der Waals surface area contributed by atoms with Gasteiger partial charge in [0.05, 0.1) is 0 Å². The van der Waals surface area contributed by atoms with Crippen molar-refractivity contribution < 1.29 is 0 Å². The lowest BCUT2D eigenvalue weighted by molar-refractivity contribution is 0.107. The van der Waals surface area contributed by atoms with Gasteiger partial charge < -0.3 is 5.73 Å². The first kappa shape index (κ1) is 14.2. The van der Waals surface area contributed by atoms with Gasteiger partial charge in [-0.3, -0.25) is 4.90 Å². The van der Waals surface area contributed by atoms with Gasteiger partial charge in [0.2, 0.25) is 0 Å². The van der Waals surface area contributed by atoms with E-state index < -0.39 is 0 Å². The lowest BCUT2D eigenvalue weighted by Crippen LogP contribution is -2.53. The maximum atomic E-state index is 6.04. The summed E-state index contributed by atoms with van der Waals surface area (Å²) >= 11 is 7.95. The number of thioether (sulfide) groups is 1. The molecule has 2 N–H and O–H groups in total. The van der Waals surface area contributed by atoms with Gasteiger partial charge in [-0.15, -0.1) is 0 Å². The molecule has 1 saturated heterocycles. The van der Waals surface area contributed by atoms with Crippen LogP contribution in [0.4, 0.5) is 0 Å². The van der Waals surface area contributed by atoms with Crippen molar-refractivity contribution >= 4 is 23.4 Å². The summed E-state index contributed by atoms with van der Waals surface area (Å²) in [5.74, 6) is 2.45. The van der Waals surface area contributed by atoms with Crippen LogP contribution in [0.5, 0.6) is 0 Å². The van der Waals surface area contributed by atoms with Gasteiger partial charge in [0.25, 0.3) is 0 Å². The van der Waals surface area contributed by atoms with Crippen molar-refractivity contribution in [1.82, 2.24) is 4.90 Å². The molecule has 0 radical (unpaired) electrons. The smallest absolute Gasteiger partial charge is 0.0406 e. The molecule has 1 aliphatic rings. The van der Waals surface area contributed by atoms with Crippen molar-refractivity contribution in [3.05, 3.63) is 34.9 Å². The van der Waals surface area contributed by atoms with Crippen molar-refractivity contribution in [3.8, 4) is 0 Å². The van der Waals surface area contributed by atoms with Crippen molar-refractivity contribution in [2.24, 2.45) is 5.73 Å². The largest absolute Gasteiger partial charge is 0.329 e. The quantitative estimate of drug-likeness (QED) is 0.922. The maximum Gasteiger partial charge on any atom is 0.0406 e. The molecule has 2 nitrogen and oxygen atoms in total.